The third-order valence-corrected chi connectivity index (χ3v) is 6.76. The molecule has 29 heavy (non-hydrogen) atoms. The molecule has 0 saturated carbocycles. The Morgan fingerprint density at radius 1 is 1.07 bits per heavy atom. The second-order valence-electron chi connectivity index (χ2n) is 6.80. The van der Waals surface area contributed by atoms with Gasteiger partial charge in [-0.3, -0.25) is 4.79 Å². The van der Waals surface area contributed by atoms with E-state index in [0.717, 1.165) is 16.9 Å². The molecule has 6 nitrogen and oxygen atoms in total. The van der Waals surface area contributed by atoms with Crippen LogP contribution < -0.4 is 15.0 Å². The van der Waals surface area contributed by atoms with E-state index in [-0.39, 0.29) is 26.6 Å². The van der Waals surface area contributed by atoms with Crippen molar-refractivity contribution in [1.29, 1.82) is 0 Å². The number of benzene rings is 2. The number of hydrogen-bond donors (Lipinski definition) is 2. The number of hydrogen-bond acceptors (Lipinski definition) is 5. The van der Waals surface area contributed by atoms with Crippen LogP contribution in [0.25, 0.3) is 0 Å². The van der Waals surface area contributed by atoms with E-state index in [9.17, 15) is 13.2 Å². The first-order valence-corrected chi connectivity index (χ1v) is 11.0. The van der Waals surface area contributed by atoms with Gasteiger partial charge in [0.15, 0.2) is 5.78 Å². The predicted molar refractivity (Wildman–Crippen MR) is 113 cm³/mol. The van der Waals surface area contributed by atoms with Gasteiger partial charge in [-0.1, -0.05) is 35.3 Å². The molecule has 1 unspecified atom stereocenters. The molecule has 3 rings (SSSR count). The first-order chi connectivity index (χ1) is 13.7. The Bertz CT molecular complexity index is 1040. The maximum absolute atomic E-state index is 12.7. The first kappa shape index (κ1) is 21.6. The molecule has 0 bridgehead atoms. The Hall–Kier alpha value is -2.06. The molecule has 0 fully saturated rings. The zero-order chi connectivity index (χ0) is 21.2. The van der Waals surface area contributed by atoms with Crippen LogP contribution >= 0.6 is 23.2 Å². The van der Waals surface area contributed by atoms with Crippen molar-refractivity contribution in [1.82, 2.24) is 10.3 Å². The summed E-state index contributed by atoms with van der Waals surface area (Å²) in [6.07, 6.45) is 2.22. The molecule has 1 aliphatic rings. The van der Waals surface area contributed by atoms with Crippen LogP contribution in [0.2, 0.25) is 10.0 Å². The van der Waals surface area contributed by atoms with E-state index in [0.29, 0.717) is 18.5 Å². The number of nitrogens with one attached hydrogen (secondary N) is 2. The second kappa shape index (κ2) is 8.75. The summed E-state index contributed by atoms with van der Waals surface area (Å²) < 4.78 is 30.5. The molecule has 1 aliphatic carbocycles. The van der Waals surface area contributed by atoms with Gasteiger partial charge in [-0.15, -0.1) is 4.83 Å². The van der Waals surface area contributed by atoms with Gasteiger partial charge in [0.1, 0.15) is 10.6 Å². The Kier molecular flexibility index (Phi) is 6.53. The van der Waals surface area contributed by atoms with Crippen LogP contribution in [0.1, 0.15) is 29.9 Å². The fraction of sp³-hybridized carbons (Fsp3) is 0.250. The zero-order valence-electron chi connectivity index (χ0n) is 15.8. The minimum atomic E-state index is -4.04. The minimum Gasteiger partial charge on any atom is -0.497 e. The molecule has 1 atom stereocenters. The molecular weight excluding hydrogens is 435 g/mol. The SMILES string of the molecule is COc1ccc(C2CC(=O)C=C(NNS(=O)(=O)c3c(Cl)cc(C)cc3Cl)C2)cc1. The van der Waals surface area contributed by atoms with Crippen molar-refractivity contribution < 1.29 is 17.9 Å². The average molecular weight is 455 g/mol. The topological polar surface area (TPSA) is 84.5 Å². The number of aryl methyl sites for hydroxylation is 1. The van der Waals surface area contributed by atoms with Crippen LogP contribution in [-0.4, -0.2) is 21.3 Å². The molecule has 0 radical (unpaired) electrons. The second-order valence-corrected chi connectivity index (χ2v) is 9.24. The molecule has 0 aromatic heterocycles. The fourth-order valence-electron chi connectivity index (χ4n) is 3.22. The standard InChI is InChI=1S/C20H20Cl2N2O4S/c1-12-7-18(21)20(19(22)8-12)29(26,27)24-23-15-9-14(10-16(25)11-15)13-3-5-17(28-2)6-4-13/h3-8,11,14,23-24H,9-10H2,1-2H3. The van der Waals surface area contributed by atoms with Crippen molar-refractivity contribution in [2.45, 2.75) is 30.6 Å². The van der Waals surface area contributed by atoms with Crippen LogP contribution in [-0.2, 0) is 14.8 Å². The van der Waals surface area contributed by atoms with Crippen molar-refractivity contribution in [3.63, 3.8) is 0 Å². The van der Waals surface area contributed by atoms with E-state index in [1.165, 1.54) is 18.2 Å². The molecule has 0 saturated heterocycles. The summed E-state index contributed by atoms with van der Waals surface area (Å²) in [5.41, 5.74) is 4.82. The number of carbonyl (C=O) groups excluding carboxylic acids is 1. The number of rotatable bonds is 6. The molecule has 154 valence electrons. The van der Waals surface area contributed by atoms with Gasteiger partial charge >= 0.3 is 0 Å². The van der Waals surface area contributed by atoms with Crippen LogP contribution in [0.4, 0.5) is 0 Å². The molecule has 2 N–H and O–H groups in total. The quantitative estimate of drug-likeness (QED) is 0.641. The highest BCUT2D eigenvalue weighted by atomic mass is 35.5. The molecule has 2 aromatic rings. The number of carbonyl (C=O) groups is 1. The third-order valence-electron chi connectivity index (χ3n) is 4.59. The van der Waals surface area contributed by atoms with E-state index in [2.05, 4.69) is 10.3 Å². The summed E-state index contributed by atoms with van der Waals surface area (Å²) in [5, 5.41) is 0.0446. The smallest absolute Gasteiger partial charge is 0.260 e. The largest absolute Gasteiger partial charge is 0.497 e. The molecule has 0 spiro atoms. The van der Waals surface area contributed by atoms with E-state index in [1.807, 2.05) is 24.3 Å². The van der Waals surface area contributed by atoms with E-state index in [4.69, 9.17) is 27.9 Å². The van der Waals surface area contributed by atoms with Gasteiger partial charge in [-0.25, -0.2) is 8.42 Å². The van der Waals surface area contributed by atoms with Gasteiger partial charge in [0, 0.05) is 18.2 Å². The highest BCUT2D eigenvalue weighted by Gasteiger charge is 2.25. The van der Waals surface area contributed by atoms with Crippen molar-refractivity contribution >= 4 is 39.0 Å². The van der Waals surface area contributed by atoms with Gasteiger partial charge < -0.3 is 10.2 Å². The number of sulfonamides is 1. The number of ketones is 1. The minimum absolute atomic E-state index is 0.0223. The van der Waals surface area contributed by atoms with Crippen LogP contribution in [0, 0.1) is 6.92 Å². The number of methoxy groups -OCH3 is 1. The lowest BCUT2D eigenvalue weighted by Crippen LogP contribution is -2.38. The highest BCUT2D eigenvalue weighted by Crippen LogP contribution is 2.32. The summed E-state index contributed by atoms with van der Waals surface area (Å²) in [6, 6.07) is 10.5. The van der Waals surface area contributed by atoms with Crippen LogP contribution in [0.15, 0.2) is 53.1 Å². The maximum Gasteiger partial charge on any atom is 0.260 e. The highest BCUT2D eigenvalue weighted by molar-refractivity contribution is 7.89. The van der Waals surface area contributed by atoms with Crippen LogP contribution in [0.5, 0.6) is 5.75 Å². The number of ether oxygens (including phenoxy) is 1. The molecule has 9 heteroatoms. The normalized spacial score (nSPS) is 17.0. The Labute approximate surface area is 179 Å². The first-order valence-electron chi connectivity index (χ1n) is 8.80. The molecule has 2 aromatic carbocycles. The van der Waals surface area contributed by atoms with Crippen molar-refractivity contribution in [2.75, 3.05) is 7.11 Å². The molecular formula is C20H20Cl2N2O4S. The van der Waals surface area contributed by atoms with Gasteiger partial charge in [-0.2, -0.15) is 0 Å². The lowest BCUT2D eigenvalue weighted by atomic mass is 9.85. The van der Waals surface area contributed by atoms with Crippen molar-refractivity contribution in [3.05, 3.63) is 69.3 Å². The van der Waals surface area contributed by atoms with Crippen LogP contribution in [0.3, 0.4) is 0 Å². The van der Waals surface area contributed by atoms with E-state index >= 15 is 0 Å². The van der Waals surface area contributed by atoms with Gasteiger partial charge in [0.2, 0.25) is 0 Å². The predicted octanol–water partition coefficient (Wildman–Crippen LogP) is 4.12. The number of allylic oxidation sites excluding steroid dienone is 2. The lowest BCUT2D eigenvalue weighted by molar-refractivity contribution is -0.115. The molecule has 0 aliphatic heterocycles. The number of hydrazine groups is 1. The fourth-order valence-corrected chi connectivity index (χ4v) is 5.42. The summed E-state index contributed by atoms with van der Waals surface area (Å²) in [5.74, 6) is 0.562. The lowest BCUT2D eigenvalue weighted by Gasteiger charge is -2.24. The van der Waals surface area contributed by atoms with Gasteiger partial charge in [-0.05, 0) is 54.7 Å². The summed E-state index contributed by atoms with van der Waals surface area (Å²) in [7, 11) is -2.45. The number of halogens is 2. The summed E-state index contributed by atoms with van der Waals surface area (Å²) in [4.78, 5) is 14.2. The van der Waals surface area contributed by atoms with Gasteiger partial charge in [0.25, 0.3) is 10.0 Å². The van der Waals surface area contributed by atoms with Gasteiger partial charge in [0.05, 0.1) is 17.2 Å². The third kappa shape index (κ3) is 5.11. The molecule has 0 amide bonds. The Morgan fingerprint density at radius 2 is 1.69 bits per heavy atom. The summed E-state index contributed by atoms with van der Waals surface area (Å²) in [6.45, 7) is 1.76. The van der Waals surface area contributed by atoms with Crippen molar-refractivity contribution in [2.24, 2.45) is 0 Å². The maximum atomic E-state index is 12.7. The average Bonchev–Trinajstić information content (AvgIpc) is 2.65. The Morgan fingerprint density at radius 3 is 2.28 bits per heavy atom. The van der Waals surface area contributed by atoms with E-state index in [1.54, 1.807) is 14.0 Å². The Balaban J connectivity index is 1.75. The zero-order valence-corrected chi connectivity index (χ0v) is 18.2. The van der Waals surface area contributed by atoms with Crippen molar-refractivity contribution in [3.8, 4) is 5.75 Å². The van der Waals surface area contributed by atoms with E-state index < -0.39 is 10.0 Å². The monoisotopic (exact) mass is 454 g/mol. The summed E-state index contributed by atoms with van der Waals surface area (Å²) >= 11 is 12.2. The molecule has 0 heterocycles.